The van der Waals surface area contributed by atoms with Gasteiger partial charge in [0, 0.05) is 23.8 Å². The Labute approximate surface area is 164 Å². The van der Waals surface area contributed by atoms with Gasteiger partial charge in [-0.1, -0.05) is 23.7 Å². The number of nitrogens with zero attached hydrogens (tertiary/aromatic N) is 3. The number of aromatic nitrogens is 2. The van der Waals surface area contributed by atoms with Crippen LogP contribution in [0.25, 0.3) is 6.08 Å². The summed E-state index contributed by atoms with van der Waals surface area (Å²) in [4.78, 5) is 21.1. The summed E-state index contributed by atoms with van der Waals surface area (Å²) in [6, 6.07) is 7.48. The standard InChI is InChI=1S/C19H17ClF3N3O2/c20-14-6-3-13(4-7-14)5-8-17(27)26-11-1-2-15(12-26)28-18-24-10-9-16(25-18)19(21,22)23/h3-10,15H,1-2,11-12H2/b8-5+. The van der Waals surface area contributed by atoms with Gasteiger partial charge in [-0.2, -0.15) is 18.2 Å². The van der Waals surface area contributed by atoms with E-state index in [1.54, 1.807) is 35.2 Å². The van der Waals surface area contributed by atoms with Crippen molar-refractivity contribution in [3.63, 3.8) is 0 Å². The summed E-state index contributed by atoms with van der Waals surface area (Å²) in [5.74, 6) is -0.201. The largest absolute Gasteiger partial charge is 0.458 e. The Kier molecular flexibility index (Phi) is 6.18. The Morgan fingerprint density at radius 3 is 2.71 bits per heavy atom. The van der Waals surface area contributed by atoms with Gasteiger partial charge < -0.3 is 9.64 Å². The average molecular weight is 412 g/mol. The lowest BCUT2D eigenvalue weighted by molar-refractivity contribution is -0.141. The Morgan fingerprint density at radius 2 is 2.00 bits per heavy atom. The molecule has 1 aliphatic rings. The van der Waals surface area contributed by atoms with Crippen molar-refractivity contribution in [1.29, 1.82) is 0 Å². The molecule has 0 bridgehead atoms. The lowest BCUT2D eigenvalue weighted by atomic mass is 10.1. The van der Waals surface area contributed by atoms with E-state index in [0.717, 1.165) is 17.8 Å². The summed E-state index contributed by atoms with van der Waals surface area (Å²) < 4.78 is 43.7. The van der Waals surface area contributed by atoms with Crippen LogP contribution >= 0.6 is 11.6 Å². The smallest absolute Gasteiger partial charge is 0.433 e. The van der Waals surface area contributed by atoms with E-state index in [-0.39, 0.29) is 18.5 Å². The van der Waals surface area contributed by atoms with E-state index >= 15 is 0 Å². The van der Waals surface area contributed by atoms with E-state index in [0.29, 0.717) is 24.4 Å². The number of halogens is 4. The minimum Gasteiger partial charge on any atom is -0.458 e. The first-order valence-electron chi connectivity index (χ1n) is 8.61. The second-order valence-electron chi connectivity index (χ2n) is 6.27. The van der Waals surface area contributed by atoms with Crippen LogP contribution in [0, 0.1) is 0 Å². The number of hydrogen-bond donors (Lipinski definition) is 0. The summed E-state index contributed by atoms with van der Waals surface area (Å²) in [6.45, 7) is 0.802. The Hall–Kier alpha value is -2.61. The van der Waals surface area contributed by atoms with Crippen LogP contribution < -0.4 is 4.74 Å². The average Bonchev–Trinajstić information content (AvgIpc) is 2.67. The molecule has 9 heteroatoms. The van der Waals surface area contributed by atoms with Gasteiger partial charge in [-0.25, -0.2) is 4.98 Å². The molecule has 0 N–H and O–H groups in total. The highest BCUT2D eigenvalue weighted by Gasteiger charge is 2.33. The molecule has 2 aromatic rings. The number of carbonyl (C=O) groups excluding carboxylic acids is 1. The summed E-state index contributed by atoms with van der Waals surface area (Å²) in [5, 5.41) is 0.608. The van der Waals surface area contributed by atoms with E-state index < -0.39 is 18.0 Å². The van der Waals surface area contributed by atoms with Gasteiger partial charge in [-0.15, -0.1) is 0 Å². The second-order valence-corrected chi connectivity index (χ2v) is 6.71. The lowest BCUT2D eigenvalue weighted by Crippen LogP contribution is -2.44. The number of piperidine rings is 1. The van der Waals surface area contributed by atoms with E-state index in [9.17, 15) is 18.0 Å². The first-order chi connectivity index (χ1) is 13.3. The summed E-state index contributed by atoms with van der Waals surface area (Å²) in [5.41, 5.74) is -0.230. The van der Waals surface area contributed by atoms with Crippen LogP contribution in [0.4, 0.5) is 13.2 Å². The molecule has 0 aliphatic carbocycles. The van der Waals surface area contributed by atoms with Crippen molar-refractivity contribution in [3.8, 4) is 6.01 Å². The predicted octanol–water partition coefficient (Wildman–Crippen LogP) is 4.23. The van der Waals surface area contributed by atoms with Crippen LogP contribution in [-0.4, -0.2) is 40.0 Å². The zero-order valence-corrected chi connectivity index (χ0v) is 15.5. The maximum absolute atomic E-state index is 12.7. The fraction of sp³-hybridized carbons (Fsp3) is 0.316. The van der Waals surface area contributed by atoms with Crippen LogP contribution in [0.1, 0.15) is 24.1 Å². The van der Waals surface area contributed by atoms with Gasteiger partial charge in [-0.3, -0.25) is 4.79 Å². The highest BCUT2D eigenvalue weighted by molar-refractivity contribution is 6.30. The number of hydrogen-bond acceptors (Lipinski definition) is 4. The fourth-order valence-corrected chi connectivity index (χ4v) is 2.91. The third-order valence-electron chi connectivity index (χ3n) is 4.17. The number of alkyl halides is 3. The van der Waals surface area contributed by atoms with Gasteiger partial charge in [0.25, 0.3) is 0 Å². The first kappa shape index (κ1) is 20.1. The van der Waals surface area contributed by atoms with Crippen LogP contribution in [0.3, 0.4) is 0 Å². The van der Waals surface area contributed by atoms with Crippen molar-refractivity contribution in [1.82, 2.24) is 14.9 Å². The molecule has 1 amide bonds. The second kappa shape index (κ2) is 8.60. The first-order valence-corrected chi connectivity index (χ1v) is 8.98. The van der Waals surface area contributed by atoms with Gasteiger partial charge in [0.2, 0.25) is 5.91 Å². The molecule has 1 fully saturated rings. The molecule has 0 radical (unpaired) electrons. The highest BCUT2D eigenvalue weighted by atomic mass is 35.5. The monoisotopic (exact) mass is 411 g/mol. The Morgan fingerprint density at radius 1 is 1.25 bits per heavy atom. The van der Waals surface area contributed by atoms with E-state index in [2.05, 4.69) is 9.97 Å². The van der Waals surface area contributed by atoms with Gasteiger partial charge in [0.15, 0.2) is 5.69 Å². The lowest BCUT2D eigenvalue weighted by Gasteiger charge is -2.31. The molecule has 1 unspecified atom stereocenters. The molecule has 5 nitrogen and oxygen atoms in total. The minimum absolute atomic E-state index is 0.201. The van der Waals surface area contributed by atoms with Crippen LogP contribution in [0.5, 0.6) is 6.01 Å². The highest BCUT2D eigenvalue weighted by Crippen LogP contribution is 2.28. The number of rotatable bonds is 4. The van der Waals surface area contributed by atoms with Crippen molar-refractivity contribution in [2.45, 2.75) is 25.1 Å². The van der Waals surface area contributed by atoms with Gasteiger partial charge in [0.1, 0.15) is 6.10 Å². The normalized spacial score (nSPS) is 17.7. The molecule has 0 spiro atoms. The van der Waals surface area contributed by atoms with Crippen molar-refractivity contribution >= 4 is 23.6 Å². The molecular formula is C19H17ClF3N3O2. The number of amides is 1. The van der Waals surface area contributed by atoms with Gasteiger partial charge >= 0.3 is 12.2 Å². The summed E-state index contributed by atoms with van der Waals surface area (Å²) >= 11 is 5.83. The van der Waals surface area contributed by atoms with Crippen LogP contribution in [-0.2, 0) is 11.0 Å². The van der Waals surface area contributed by atoms with Gasteiger partial charge in [0.05, 0.1) is 6.54 Å². The third-order valence-corrected chi connectivity index (χ3v) is 4.43. The minimum atomic E-state index is -4.57. The zero-order chi connectivity index (χ0) is 20.1. The molecule has 1 aromatic heterocycles. The molecule has 148 valence electrons. The maximum Gasteiger partial charge on any atom is 0.433 e. The van der Waals surface area contributed by atoms with Crippen molar-refractivity contribution < 1.29 is 22.7 Å². The molecule has 1 aromatic carbocycles. The third kappa shape index (κ3) is 5.45. The summed E-state index contributed by atoms with van der Waals surface area (Å²) in [7, 11) is 0. The summed E-state index contributed by atoms with van der Waals surface area (Å²) in [6.07, 6.45) is 0.373. The van der Waals surface area contributed by atoms with E-state index in [1.807, 2.05) is 0 Å². The quantitative estimate of drug-likeness (QED) is 0.706. The number of likely N-dealkylation sites (tertiary alicyclic amines) is 1. The molecule has 28 heavy (non-hydrogen) atoms. The number of ether oxygens (including phenoxy) is 1. The molecule has 3 rings (SSSR count). The molecule has 1 atom stereocenters. The van der Waals surface area contributed by atoms with Gasteiger partial charge in [-0.05, 0) is 42.7 Å². The van der Waals surface area contributed by atoms with Crippen molar-refractivity contribution in [2.75, 3.05) is 13.1 Å². The molecule has 1 aliphatic heterocycles. The van der Waals surface area contributed by atoms with E-state index in [4.69, 9.17) is 16.3 Å². The molecule has 0 saturated carbocycles. The zero-order valence-electron chi connectivity index (χ0n) is 14.7. The van der Waals surface area contributed by atoms with Crippen LogP contribution in [0.15, 0.2) is 42.6 Å². The molecular weight excluding hydrogens is 395 g/mol. The van der Waals surface area contributed by atoms with Crippen molar-refractivity contribution in [3.05, 3.63) is 58.9 Å². The number of benzene rings is 1. The SMILES string of the molecule is O=C(/C=C/c1ccc(Cl)cc1)N1CCCC(Oc2nccc(C(F)(F)F)n2)C1. The predicted molar refractivity (Wildman–Crippen MR) is 97.8 cm³/mol. The Balaban J connectivity index is 1.60. The maximum atomic E-state index is 12.7. The van der Waals surface area contributed by atoms with Crippen molar-refractivity contribution in [2.24, 2.45) is 0 Å². The fourth-order valence-electron chi connectivity index (χ4n) is 2.79. The number of carbonyl (C=O) groups is 1. The Bertz CT molecular complexity index is 856. The van der Waals surface area contributed by atoms with E-state index in [1.165, 1.54) is 6.08 Å². The molecule has 2 heterocycles. The molecule has 1 saturated heterocycles. The van der Waals surface area contributed by atoms with Crippen LogP contribution in [0.2, 0.25) is 5.02 Å². The topological polar surface area (TPSA) is 55.3 Å².